The van der Waals surface area contributed by atoms with Gasteiger partial charge in [-0.1, -0.05) is 18.3 Å². The minimum Gasteiger partial charge on any atom is -0.335 e. The van der Waals surface area contributed by atoms with Crippen molar-refractivity contribution in [2.24, 2.45) is 0 Å². The van der Waals surface area contributed by atoms with Crippen LogP contribution in [0.15, 0.2) is 12.4 Å². The SMILES string of the molecule is CCNC(Cc1nccn1CC)c1snnc1CC. The third kappa shape index (κ3) is 3.19. The maximum Gasteiger partial charge on any atom is 0.110 e. The average molecular weight is 279 g/mol. The van der Waals surface area contributed by atoms with Crippen molar-refractivity contribution < 1.29 is 0 Å². The van der Waals surface area contributed by atoms with Gasteiger partial charge in [0.2, 0.25) is 0 Å². The fraction of sp³-hybridized carbons (Fsp3) is 0.615. The largest absolute Gasteiger partial charge is 0.335 e. The molecule has 1 atom stereocenters. The number of likely N-dealkylation sites (N-methyl/N-ethyl adjacent to an activating group) is 1. The zero-order chi connectivity index (χ0) is 13.7. The summed E-state index contributed by atoms with van der Waals surface area (Å²) in [5.41, 5.74) is 1.10. The molecule has 0 bridgehead atoms. The number of aryl methyl sites for hydroxylation is 2. The molecular weight excluding hydrogens is 258 g/mol. The summed E-state index contributed by atoms with van der Waals surface area (Å²) >= 11 is 1.50. The molecule has 0 fully saturated rings. The van der Waals surface area contributed by atoms with E-state index in [0.717, 1.165) is 37.4 Å². The van der Waals surface area contributed by atoms with E-state index < -0.39 is 0 Å². The number of imidazole rings is 1. The van der Waals surface area contributed by atoms with Gasteiger partial charge >= 0.3 is 0 Å². The van der Waals surface area contributed by atoms with Gasteiger partial charge in [0.05, 0.1) is 16.6 Å². The second kappa shape index (κ2) is 6.77. The molecule has 0 amide bonds. The molecule has 2 aromatic rings. The van der Waals surface area contributed by atoms with E-state index in [1.807, 2.05) is 12.4 Å². The molecular formula is C13H21N5S. The van der Waals surface area contributed by atoms with Crippen molar-refractivity contribution in [3.05, 3.63) is 28.8 Å². The van der Waals surface area contributed by atoms with E-state index in [4.69, 9.17) is 0 Å². The molecule has 19 heavy (non-hydrogen) atoms. The molecule has 0 radical (unpaired) electrons. The molecule has 2 aromatic heterocycles. The average Bonchev–Trinajstić information content (AvgIpc) is 3.06. The first-order valence-corrected chi connectivity index (χ1v) is 7.61. The zero-order valence-electron chi connectivity index (χ0n) is 11.8. The van der Waals surface area contributed by atoms with Crippen LogP contribution < -0.4 is 5.32 Å². The molecule has 0 saturated carbocycles. The summed E-state index contributed by atoms with van der Waals surface area (Å²) in [6.07, 6.45) is 5.71. The van der Waals surface area contributed by atoms with Crippen LogP contribution in [0.1, 0.15) is 43.2 Å². The van der Waals surface area contributed by atoms with Gasteiger partial charge in [-0.05, 0) is 31.4 Å². The van der Waals surface area contributed by atoms with E-state index in [9.17, 15) is 0 Å². The van der Waals surface area contributed by atoms with Crippen molar-refractivity contribution in [1.29, 1.82) is 0 Å². The topological polar surface area (TPSA) is 55.6 Å². The van der Waals surface area contributed by atoms with Gasteiger partial charge in [-0.15, -0.1) is 5.10 Å². The Labute approximate surface area is 118 Å². The molecule has 0 aliphatic heterocycles. The molecule has 0 aromatic carbocycles. The van der Waals surface area contributed by atoms with E-state index in [-0.39, 0.29) is 6.04 Å². The van der Waals surface area contributed by atoms with Gasteiger partial charge < -0.3 is 9.88 Å². The first-order valence-electron chi connectivity index (χ1n) is 6.84. The molecule has 6 heteroatoms. The minimum absolute atomic E-state index is 0.257. The number of hydrogen-bond donors (Lipinski definition) is 1. The lowest BCUT2D eigenvalue weighted by atomic mass is 10.1. The van der Waals surface area contributed by atoms with Crippen LogP contribution in [0.25, 0.3) is 0 Å². The van der Waals surface area contributed by atoms with Crippen LogP contribution in [0.2, 0.25) is 0 Å². The number of nitrogens with one attached hydrogen (secondary N) is 1. The standard InChI is InChI=1S/C13H21N5S/c1-4-10-13(19-17-16-10)11(14-5-2)9-12-15-7-8-18(12)6-3/h7-8,11,14H,4-6,9H2,1-3H3. The molecule has 1 N–H and O–H groups in total. The summed E-state index contributed by atoms with van der Waals surface area (Å²) in [7, 11) is 0. The van der Waals surface area contributed by atoms with Crippen LogP contribution in [-0.4, -0.2) is 25.7 Å². The van der Waals surface area contributed by atoms with Gasteiger partial charge in [0.25, 0.3) is 0 Å². The number of nitrogens with zero attached hydrogens (tertiary/aromatic N) is 4. The van der Waals surface area contributed by atoms with Gasteiger partial charge in [-0.2, -0.15) is 0 Å². The predicted octanol–water partition coefficient (Wildman–Crippen LogP) is 2.21. The summed E-state index contributed by atoms with van der Waals surface area (Å²) in [5.74, 6) is 1.11. The van der Waals surface area contributed by atoms with Gasteiger partial charge in [-0.25, -0.2) is 4.98 Å². The lowest BCUT2D eigenvalue weighted by Crippen LogP contribution is -2.24. The Morgan fingerprint density at radius 2 is 2.21 bits per heavy atom. The summed E-state index contributed by atoms with van der Waals surface area (Å²) in [5, 5.41) is 7.74. The second-order valence-electron chi connectivity index (χ2n) is 4.38. The fourth-order valence-electron chi connectivity index (χ4n) is 2.23. The van der Waals surface area contributed by atoms with Crippen LogP contribution in [0.4, 0.5) is 0 Å². The highest BCUT2D eigenvalue weighted by Crippen LogP contribution is 2.24. The maximum absolute atomic E-state index is 4.46. The minimum atomic E-state index is 0.257. The third-order valence-corrected chi connectivity index (χ3v) is 4.10. The molecule has 0 aliphatic carbocycles. The summed E-state index contributed by atoms with van der Waals surface area (Å²) in [6, 6.07) is 0.257. The third-order valence-electron chi connectivity index (χ3n) is 3.22. The normalized spacial score (nSPS) is 12.8. The molecule has 1 unspecified atom stereocenters. The highest BCUT2D eigenvalue weighted by atomic mass is 32.1. The summed E-state index contributed by atoms with van der Waals surface area (Å²) < 4.78 is 6.28. The summed E-state index contributed by atoms with van der Waals surface area (Å²) in [4.78, 5) is 5.71. The fourth-order valence-corrected chi connectivity index (χ4v) is 3.04. The molecule has 0 spiro atoms. The first-order chi connectivity index (χ1) is 9.30. The van der Waals surface area contributed by atoms with Crippen LogP contribution in [-0.2, 0) is 19.4 Å². The number of aromatic nitrogens is 4. The van der Waals surface area contributed by atoms with Crippen molar-refractivity contribution >= 4 is 11.5 Å². The Kier molecular flexibility index (Phi) is 5.04. The van der Waals surface area contributed by atoms with Crippen molar-refractivity contribution in [2.45, 2.75) is 46.2 Å². The van der Waals surface area contributed by atoms with Crippen LogP contribution >= 0.6 is 11.5 Å². The van der Waals surface area contributed by atoms with Crippen molar-refractivity contribution in [3.63, 3.8) is 0 Å². The van der Waals surface area contributed by atoms with E-state index >= 15 is 0 Å². The van der Waals surface area contributed by atoms with Crippen LogP contribution in [0, 0.1) is 0 Å². The maximum atomic E-state index is 4.46. The highest BCUT2D eigenvalue weighted by Gasteiger charge is 2.20. The van der Waals surface area contributed by atoms with Crippen LogP contribution in [0.3, 0.4) is 0 Å². The number of rotatable bonds is 7. The Morgan fingerprint density at radius 1 is 1.37 bits per heavy atom. The Morgan fingerprint density at radius 3 is 2.89 bits per heavy atom. The van der Waals surface area contributed by atoms with Crippen molar-refractivity contribution in [1.82, 2.24) is 24.5 Å². The van der Waals surface area contributed by atoms with Gasteiger partial charge in [-0.3, -0.25) is 0 Å². The first kappa shape index (κ1) is 14.1. The van der Waals surface area contributed by atoms with E-state index in [0.29, 0.717) is 0 Å². The number of hydrogen-bond acceptors (Lipinski definition) is 5. The smallest absolute Gasteiger partial charge is 0.110 e. The highest BCUT2D eigenvalue weighted by molar-refractivity contribution is 7.05. The van der Waals surface area contributed by atoms with Crippen molar-refractivity contribution in [3.8, 4) is 0 Å². The van der Waals surface area contributed by atoms with Gasteiger partial charge in [0, 0.05) is 25.4 Å². The summed E-state index contributed by atoms with van der Waals surface area (Å²) in [6.45, 7) is 8.27. The van der Waals surface area contributed by atoms with Crippen molar-refractivity contribution in [2.75, 3.05) is 6.54 Å². The van der Waals surface area contributed by atoms with Crippen LogP contribution in [0.5, 0.6) is 0 Å². The Hall–Kier alpha value is -1.27. The molecule has 0 aliphatic rings. The van der Waals surface area contributed by atoms with E-state index in [1.54, 1.807) is 0 Å². The molecule has 104 valence electrons. The molecule has 0 saturated heterocycles. The predicted molar refractivity (Wildman–Crippen MR) is 77.3 cm³/mol. The molecule has 2 rings (SSSR count). The Balaban J connectivity index is 2.21. The van der Waals surface area contributed by atoms with Gasteiger partial charge in [0.15, 0.2) is 0 Å². The van der Waals surface area contributed by atoms with E-state index in [1.165, 1.54) is 16.4 Å². The molecule has 5 nitrogen and oxygen atoms in total. The monoisotopic (exact) mass is 279 g/mol. The molecule has 2 heterocycles. The zero-order valence-corrected chi connectivity index (χ0v) is 12.6. The second-order valence-corrected chi connectivity index (χ2v) is 5.17. The Bertz CT molecular complexity index is 505. The lowest BCUT2D eigenvalue weighted by molar-refractivity contribution is 0.525. The van der Waals surface area contributed by atoms with E-state index in [2.05, 4.69) is 45.2 Å². The van der Waals surface area contributed by atoms with Gasteiger partial charge in [0.1, 0.15) is 5.82 Å². The quantitative estimate of drug-likeness (QED) is 0.844. The lowest BCUT2D eigenvalue weighted by Gasteiger charge is -2.17.